The second-order valence-corrected chi connectivity index (χ2v) is 4.47. The zero-order valence-corrected chi connectivity index (χ0v) is 11.0. The number of benzene rings is 1. The Morgan fingerprint density at radius 2 is 2.21 bits per heavy atom. The van der Waals surface area contributed by atoms with E-state index in [1.807, 2.05) is 32.2 Å². The summed E-state index contributed by atoms with van der Waals surface area (Å²) in [6, 6.07) is 7.92. The first kappa shape index (κ1) is 11.6. The molecular weight excluding hydrogens is 240 g/mol. The van der Waals surface area contributed by atoms with Crippen LogP contribution in [-0.2, 0) is 7.05 Å². The zero-order valence-electron chi connectivity index (χ0n) is 11.0. The van der Waals surface area contributed by atoms with E-state index in [1.165, 1.54) is 0 Å². The van der Waals surface area contributed by atoms with Gasteiger partial charge in [-0.1, -0.05) is 0 Å². The summed E-state index contributed by atoms with van der Waals surface area (Å²) in [4.78, 5) is 0. The van der Waals surface area contributed by atoms with E-state index in [1.54, 1.807) is 0 Å². The van der Waals surface area contributed by atoms with Crippen molar-refractivity contribution in [2.75, 3.05) is 12.3 Å². The average molecular weight is 256 g/mol. The van der Waals surface area contributed by atoms with Gasteiger partial charge in [-0.05, 0) is 25.1 Å². The van der Waals surface area contributed by atoms with Gasteiger partial charge in [-0.25, -0.2) is 0 Å². The Bertz CT molecular complexity index is 726. The lowest BCUT2D eigenvalue weighted by Gasteiger charge is -2.03. The van der Waals surface area contributed by atoms with E-state index in [4.69, 9.17) is 10.5 Å². The number of aromatic nitrogens is 3. The molecular formula is C14H16N4O. The minimum Gasteiger partial charge on any atom is -0.494 e. The third-order valence-corrected chi connectivity index (χ3v) is 3.16. The van der Waals surface area contributed by atoms with Crippen LogP contribution in [0.5, 0.6) is 5.75 Å². The van der Waals surface area contributed by atoms with Crippen LogP contribution in [0, 0.1) is 0 Å². The van der Waals surface area contributed by atoms with Crippen LogP contribution in [-0.4, -0.2) is 21.4 Å². The molecule has 0 atom stereocenters. The molecule has 0 radical (unpaired) electrons. The molecule has 0 amide bonds. The van der Waals surface area contributed by atoms with Crippen LogP contribution >= 0.6 is 0 Å². The molecule has 3 rings (SSSR count). The summed E-state index contributed by atoms with van der Waals surface area (Å²) in [6.07, 6.45) is 2.06. The first-order valence-corrected chi connectivity index (χ1v) is 6.22. The van der Waals surface area contributed by atoms with Gasteiger partial charge in [-0.2, -0.15) is 5.10 Å². The summed E-state index contributed by atoms with van der Waals surface area (Å²) in [5.74, 6) is 1.36. The van der Waals surface area contributed by atoms with Gasteiger partial charge in [0.1, 0.15) is 11.6 Å². The van der Waals surface area contributed by atoms with Crippen molar-refractivity contribution in [3.63, 3.8) is 0 Å². The normalized spacial score (nSPS) is 11.1. The van der Waals surface area contributed by atoms with E-state index >= 15 is 0 Å². The number of nitrogens with zero attached hydrogens (tertiary/aromatic N) is 2. The molecule has 98 valence electrons. The van der Waals surface area contributed by atoms with Crippen LogP contribution in [0.1, 0.15) is 6.92 Å². The number of anilines is 1. The summed E-state index contributed by atoms with van der Waals surface area (Å²) in [5, 5.41) is 8.05. The Morgan fingerprint density at radius 1 is 1.37 bits per heavy atom. The van der Waals surface area contributed by atoms with Gasteiger partial charge in [-0.3, -0.25) is 5.10 Å². The maximum atomic E-state index is 5.67. The van der Waals surface area contributed by atoms with Crippen LogP contribution in [0.15, 0.2) is 30.5 Å². The van der Waals surface area contributed by atoms with Gasteiger partial charge in [0.2, 0.25) is 0 Å². The fourth-order valence-corrected chi connectivity index (χ4v) is 2.32. The molecule has 0 spiro atoms. The number of nitrogens with two attached hydrogens (primary N) is 1. The number of nitrogen functional groups attached to an aromatic ring is 1. The van der Waals surface area contributed by atoms with Crippen molar-refractivity contribution >= 4 is 16.7 Å². The Kier molecular flexibility index (Phi) is 2.67. The van der Waals surface area contributed by atoms with Gasteiger partial charge in [-0.15, -0.1) is 0 Å². The summed E-state index contributed by atoms with van der Waals surface area (Å²) in [5.41, 5.74) is 8.80. The average Bonchev–Trinajstić information content (AvgIpc) is 2.94. The van der Waals surface area contributed by atoms with Crippen LogP contribution in [0.4, 0.5) is 5.82 Å². The Labute approximate surface area is 111 Å². The molecule has 3 aromatic rings. The minimum atomic E-state index is 0.493. The van der Waals surface area contributed by atoms with Gasteiger partial charge in [0.15, 0.2) is 0 Å². The van der Waals surface area contributed by atoms with Gasteiger partial charge in [0.25, 0.3) is 0 Å². The van der Waals surface area contributed by atoms with Crippen molar-refractivity contribution in [2.45, 2.75) is 6.92 Å². The molecule has 0 bridgehead atoms. The highest BCUT2D eigenvalue weighted by Gasteiger charge is 2.11. The number of hydrogen-bond acceptors (Lipinski definition) is 3. The molecule has 1 aromatic carbocycles. The van der Waals surface area contributed by atoms with E-state index in [0.29, 0.717) is 12.4 Å². The quantitative estimate of drug-likeness (QED) is 0.756. The molecule has 3 N–H and O–H groups in total. The van der Waals surface area contributed by atoms with Crippen molar-refractivity contribution in [1.29, 1.82) is 0 Å². The smallest absolute Gasteiger partial charge is 0.145 e. The maximum Gasteiger partial charge on any atom is 0.145 e. The lowest BCUT2D eigenvalue weighted by atomic mass is 10.1. The monoisotopic (exact) mass is 256 g/mol. The van der Waals surface area contributed by atoms with Crippen LogP contribution in [0.3, 0.4) is 0 Å². The Balaban J connectivity index is 2.20. The topological polar surface area (TPSA) is 68.9 Å². The van der Waals surface area contributed by atoms with Crippen LogP contribution in [0.25, 0.3) is 22.2 Å². The second-order valence-electron chi connectivity index (χ2n) is 4.47. The number of ether oxygens (including phenoxy) is 1. The third kappa shape index (κ3) is 1.93. The highest BCUT2D eigenvalue weighted by atomic mass is 16.5. The maximum absolute atomic E-state index is 5.67. The van der Waals surface area contributed by atoms with E-state index in [0.717, 1.165) is 27.9 Å². The van der Waals surface area contributed by atoms with E-state index in [-0.39, 0.29) is 0 Å². The summed E-state index contributed by atoms with van der Waals surface area (Å²) in [6.45, 7) is 2.64. The van der Waals surface area contributed by atoms with Crippen molar-refractivity contribution < 1.29 is 4.74 Å². The molecule has 0 aliphatic rings. The molecule has 2 heterocycles. The Morgan fingerprint density at radius 3 is 2.89 bits per heavy atom. The SMILES string of the molecule is CCOc1ccc2c(c1)c(-c1cc(N)n[nH]1)cn2C. The standard InChI is InChI=1S/C14H16N4O/c1-3-19-9-4-5-13-10(6-9)11(8-18(13)2)12-7-14(15)17-16-12/h4-8H,3H2,1-2H3,(H3,15,16,17). The minimum absolute atomic E-state index is 0.493. The summed E-state index contributed by atoms with van der Waals surface area (Å²) in [7, 11) is 2.02. The predicted octanol–water partition coefficient (Wildman–Crippen LogP) is 2.55. The summed E-state index contributed by atoms with van der Waals surface area (Å²) >= 11 is 0. The lowest BCUT2D eigenvalue weighted by Crippen LogP contribution is -1.91. The molecule has 0 fully saturated rings. The first-order chi connectivity index (χ1) is 9.19. The highest BCUT2D eigenvalue weighted by Crippen LogP contribution is 2.32. The molecule has 0 aliphatic carbocycles. The van der Waals surface area contributed by atoms with E-state index < -0.39 is 0 Å². The van der Waals surface area contributed by atoms with Crippen molar-refractivity contribution in [2.24, 2.45) is 7.05 Å². The molecule has 2 aromatic heterocycles. The molecule has 19 heavy (non-hydrogen) atoms. The number of aromatic amines is 1. The predicted molar refractivity (Wildman–Crippen MR) is 76.1 cm³/mol. The molecule has 0 saturated carbocycles. The second kappa shape index (κ2) is 4.35. The highest BCUT2D eigenvalue weighted by molar-refractivity contribution is 5.96. The fraction of sp³-hybridized carbons (Fsp3) is 0.214. The van der Waals surface area contributed by atoms with Crippen LogP contribution in [0.2, 0.25) is 0 Å². The Hall–Kier alpha value is -2.43. The van der Waals surface area contributed by atoms with E-state index in [9.17, 15) is 0 Å². The van der Waals surface area contributed by atoms with Gasteiger partial charge < -0.3 is 15.0 Å². The van der Waals surface area contributed by atoms with E-state index in [2.05, 4.69) is 27.0 Å². The zero-order chi connectivity index (χ0) is 13.4. The number of nitrogens with one attached hydrogen (secondary N) is 1. The third-order valence-electron chi connectivity index (χ3n) is 3.16. The molecule has 0 aliphatic heterocycles. The van der Waals surface area contributed by atoms with Crippen molar-refractivity contribution in [3.8, 4) is 17.0 Å². The van der Waals surface area contributed by atoms with Crippen LogP contribution < -0.4 is 10.5 Å². The van der Waals surface area contributed by atoms with Gasteiger partial charge in [0.05, 0.1) is 12.3 Å². The first-order valence-electron chi connectivity index (χ1n) is 6.22. The molecule has 5 nitrogen and oxygen atoms in total. The number of aryl methyl sites for hydroxylation is 1. The molecule has 0 saturated heterocycles. The number of fused-ring (bicyclic) bond motifs is 1. The molecule has 5 heteroatoms. The number of hydrogen-bond donors (Lipinski definition) is 2. The largest absolute Gasteiger partial charge is 0.494 e. The fourth-order valence-electron chi connectivity index (χ4n) is 2.32. The van der Waals surface area contributed by atoms with Gasteiger partial charge >= 0.3 is 0 Å². The van der Waals surface area contributed by atoms with Gasteiger partial charge in [0, 0.05) is 35.8 Å². The molecule has 0 unspecified atom stereocenters. The van der Waals surface area contributed by atoms with Crippen molar-refractivity contribution in [3.05, 3.63) is 30.5 Å². The number of H-pyrrole nitrogens is 1. The number of rotatable bonds is 3. The lowest BCUT2D eigenvalue weighted by molar-refractivity contribution is 0.341. The van der Waals surface area contributed by atoms with Crippen molar-refractivity contribution in [1.82, 2.24) is 14.8 Å². The summed E-state index contributed by atoms with van der Waals surface area (Å²) < 4.78 is 7.64.